The highest BCUT2D eigenvalue weighted by molar-refractivity contribution is 6.30. The average molecular weight is 342 g/mol. The first-order valence-electron chi connectivity index (χ1n) is 7.23. The number of carbonyl (C=O) groups is 2. The van der Waals surface area contributed by atoms with Crippen molar-refractivity contribution in [2.45, 2.75) is 24.9 Å². The number of halogens is 1. The van der Waals surface area contributed by atoms with Crippen LogP contribution in [0.25, 0.3) is 0 Å². The highest BCUT2D eigenvalue weighted by Crippen LogP contribution is 2.23. The standard InChI is InChI=1S/C15H20ClN3O4/c1-15(8-20,9-21)18-14(23)17-11-6-13(22)19(7-11)12-4-2-10(16)3-5-12/h2-5,11,20-21H,6-9H2,1H3,(H2,17,18,23)/t11-/m1/s1. The molecule has 1 aliphatic rings. The van der Waals surface area contributed by atoms with Gasteiger partial charge in [0.05, 0.1) is 24.8 Å². The van der Waals surface area contributed by atoms with Gasteiger partial charge in [0.25, 0.3) is 0 Å². The van der Waals surface area contributed by atoms with E-state index in [9.17, 15) is 19.8 Å². The Hall–Kier alpha value is -1.83. The van der Waals surface area contributed by atoms with Gasteiger partial charge >= 0.3 is 6.03 Å². The summed E-state index contributed by atoms with van der Waals surface area (Å²) in [5.74, 6) is -0.0929. The minimum atomic E-state index is -1.11. The zero-order valence-corrected chi connectivity index (χ0v) is 13.5. The van der Waals surface area contributed by atoms with Crippen molar-refractivity contribution >= 4 is 29.2 Å². The molecule has 1 aromatic rings. The first-order chi connectivity index (χ1) is 10.9. The summed E-state index contributed by atoms with van der Waals surface area (Å²) in [5.41, 5.74) is -0.387. The highest BCUT2D eigenvalue weighted by atomic mass is 35.5. The monoisotopic (exact) mass is 341 g/mol. The average Bonchev–Trinajstić information content (AvgIpc) is 2.88. The molecule has 0 radical (unpaired) electrons. The van der Waals surface area contributed by atoms with Gasteiger partial charge in [-0.2, -0.15) is 0 Å². The van der Waals surface area contributed by atoms with Gasteiger partial charge in [0.15, 0.2) is 0 Å². The van der Waals surface area contributed by atoms with Crippen LogP contribution in [-0.2, 0) is 4.79 Å². The maximum Gasteiger partial charge on any atom is 0.315 e. The molecule has 1 fully saturated rings. The first-order valence-corrected chi connectivity index (χ1v) is 7.61. The molecule has 1 saturated heterocycles. The quantitative estimate of drug-likeness (QED) is 0.626. The third-order valence-electron chi connectivity index (χ3n) is 3.71. The second-order valence-corrected chi connectivity index (χ2v) is 6.29. The zero-order chi connectivity index (χ0) is 17.0. The molecular weight excluding hydrogens is 322 g/mol. The molecule has 7 nitrogen and oxygen atoms in total. The van der Waals surface area contributed by atoms with Crippen LogP contribution in [0.15, 0.2) is 24.3 Å². The van der Waals surface area contributed by atoms with Crippen molar-refractivity contribution in [3.05, 3.63) is 29.3 Å². The Morgan fingerprint density at radius 1 is 1.35 bits per heavy atom. The van der Waals surface area contributed by atoms with E-state index in [1.54, 1.807) is 29.2 Å². The van der Waals surface area contributed by atoms with Crippen molar-refractivity contribution in [1.82, 2.24) is 10.6 Å². The summed E-state index contributed by atoms with van der Waals surface area (Å²) >= 11 is 5.83. The number of anilines is 1. The second kappa shape index (κ2) is 7.16. The maximum absolute atomic E-state index is 12.1. The van der Waals surface area contributed by atoms with Crippen molar-refractivity contribution in [3.8, 4) is 0 Å². The van der Waals surface area contributed by atoms with Crippen LogP contribution in [0.2, 0.25) is 5.02 Å². The number of amides is 3. The molecule has 8 heteroatoms. The topological polar surface area (TPSA) is 102 Å². The fourth-order valence-electron chi connectivity index (χ4n) is 2.30. The van der Waals surface area contributed by atoms with E-state index in [4.69, 9.17) is 11.6 Å². The number of nitrogens with one attached hydrogen (secondary N) is 2. The predicted octanol–water partition coefficient (Wildman–Crippen LogP) is 0.488. The fourth-order valence-corrected chi connectivity index (χ4v) is 2.43. The predicted molar refractivity (Wildman–Crippen MR) is 86.5 cm³/mol. The number of benzene rings is 1. The molecule has 0 aromatic heterocycles. The second-order valence-electron chi connectivity index (χ2n) is 5.86. The van der Waals surface area contributed by atoms with E-state index >= 15 is 0 Å². The smallest absolute Gasteiger partial charge is 0.315 e. The summed E-state index contributed by atoms with van der Waals surface area (Å²) in [6.45, 7) is 1.09. The molecule has 126 valence electrons. The molecule has 23 heavy (non-hydrogen) atoms. The molecule has 0 spiro atoms. The van der Waals surface area contributed by atoms with E-state index < -0.39 is 24.8 Å². The number of aliphatic hydroxyl groups is 2. The number of aliphatic hydroxyl groups excluding tert-OH is 2. The number of rotatable bonds is 5. The van der Waals surface area contributed by atoms with E-state index in [0.29, 0.717) is 11.6 Å². The van der Waals surface area contributed by atoms with Crippen molar-refractivity contribution in [2.24, 2.45) is 0 Å². The summed E-state index contributed by atoms with van der Waals surface area (Å²) < 4.78 is 0. The zero-order valence-electron chi connectivity index (χ0n) is 12.8. The maximum atomic E-state index is 12.1. The molecule has 0 saturated carbocycles. The van der Waals surface area contributed by atoms with E-state index in [2.05, 4.69) is 10.6 Å². The summed E-state index contributed by atoms with van der Waals surface area (Å²) in [6.07, 6.45) is 0.186. The van der Waals surface area contributed by atoms with E-state index in [0.717, 1.165) is 5.69 Å². The Labute approximate surface area is 139 Å². The van der Waals surface area contributed by atoms with Gasteiger partial charge in [-0.15, -0.1) is 0 Å². The van der Waals surface area contributed by atoms with Crippen LogP contribution >= 0.6 is 11.6 Å². The lowest BCUT2D eigenvalue weighted by Crippen LogP contribution is -2.56. The SMILES string of the molecule is CC(CO)(CO)NC(=O)N[C@@H]1CC(=O)N(c2ccc(Cl)cc2)C1. The van der Waals surface area contributed by atoms with Gasteiger partial charge in [-0.05, 0) is 31.2 Å². The Morgan fingerprint density at radius 3 is 2.52 bits per heavy atom. The number of urea groups is 1. The molecule has 1 aliphatic heterocycles. The number of hydrogen-bond donors (Lipinski definition) is 4. The van der Waals surface area contributed by atoms with Crippen molar-refractivity contribution in [3.63, 3.8) is 0 Å². The van der Waals surface area contributed by atoms with Crippen LogP contribution in [0.4, 0.5) is 10.5 Å². The van der Waals surface area contributed by atoms with Crippen LogP contribution < -0.4 is 15.5 Å². The summed E-state index contributed by atoms with van der Waals surface area (Å²) in [7, 11) is 0. The highest BCUT2D eigenvalue weighted by Gasteiger charge is 2.33. The van der Waals surface area contributed by atoms with Gasteiger partial charge < -0.3 is 25.7 Å². The van der Waals surface area contributed by atoms with Gasteiger partial charge in [0.2, 0.25) is 5.91 Å². The largest absolute Gasteiger partial charge is 0.394 e. The summed E-state index contributed by atoms with van der Waals surface area (Å²) in [5, 5.41) is 24.1. The van der Waals surface area contributed by atoms with Crippen molar-refractivity contribution in [2.75, 3.05) is 24.7 Å². The van der Waals surface area contributed by atoms with E-state index in [-0.39, 0.29) is 18.4 Å². The van der Waals surface area contributed by atoms with Crippen molar-refractivity contribution in [1.29, 1.82) is 0 Å². The van der Waals surface area contributed by atoms with Crippen LogP contribution in [0.5, 0.6) is 0 Å². The van der Waals surface area contributed by atoms with Crippen LogP contribution in [0.1, 0.15) is 13.3 Å². The summed E-state index contributed by atoms with van der Waals surface area (Å²) in [6, 6.07) is 6.01. The Balaban J connectivity index is 1.95. The third kappa shape index (κ3) is 4.34. The lowest BCUT2D eigenvalue weighted by molar-refractivity contribution is -0.117. The van der Waals surface area contributed by atoms with Gasteiger partial charge in [-0.1, -0.05) is 11.6 Å². The minimum Gasteiger partial charge on any atom is -0.394 e. The normalized spacial score (nSPS) is 18.2. The third-order valence-corrected chi connectivity index (χ3v) is 3.96. The Kier molecular flexibility index (Phi) is 5.46. The molecule has 1 atom stereocenters. The van der Waals surface area contributed by atoms with Crippen LogP contribution in [0.3, 0.4) is 0 Å². The molecule has 1 aromatic carbocycles. The molecular formula is C15H20ClN3O4. The number of carbonyl (C=O) groups excluding carboxylic acids is 2. The fraction of sp³-hybridized carbons (Fsp3) is 0.467. The number of hydrogen-bond acceptors (Lipinski definition) is 4. The lowest BCUT2D eigenvalue weighted by atomic mass is 10.1. The van der Waals surface area contributed by atoms with Gasteiger partial charge in [0.1, 0.15) is 0 Å². The molecule has 0 aliphatic carbocycles. The molecule has 4 N–H and O–H groups in total. The van der Waals surface area contributed by atoms with E-state index in [1.165, 1.54) is 6.92 Å². The van der Waals surface area contributed by atoms with Crippen LogP contribution in [0, 0.1) is 0 Å². The van der Waals surface area contributed by atoms with Crippen molar-refractivity contribution < 1.29 is 19.8 Å². The summed E-state index contributed by atoms with van der Waals surface area (Å²) in [4.78, 5) is 25.6. The molecule has 0 bridgehead atoms. The lowest BCUT2D eigenvalue weighted by Gasteiger charge is -2.27. The van der Waals surface area contributed by atoms with Gasteiger partial charge in [0, 0.05) is 23.7 Å². The Bertz CT molecular complexity index is 575. The molecule has 3 amide bonds. The molecule has 1 heterocycles. The molecule has 0 unspecified atom stereocenters. The van der Waals surface area contributed by atoms with E-state index in [1.807, 2.05) is 0 Å². The van der Waals surface area contributed by atoms with Gasteiger partial charge in [-0.3, -0.25) is 4.79 Å². The first kappa shape index (κ1) is 17.5. The Morgan fingerprint density at radius 2 is 1.96 bits per heavy atom. The minimum absolute atomic E-state index is 0.0929. The number of nitrogens with zero attached hydrogens (tertiary/aromatic N) is 1. The van der Waals surface area contributed by atoms with Crippen LogP contribution in [-0.4, -0.2) is 53.5 Å². The molecule has 2 rings (SSSR count). The van der Waals surface area contributed by atoms with Gasteiger partial charge in [-0.25, -0.2) is 4.79 Å².